The van der Waals surface area contributed by atoms with Crippen LogP contribution in [0, 0.1) is 0 Å². The topological polar surface area (TPSA) is 54.3 Å². The first kappa shape index (κ1) is 19.4. The van der Waals surface area contributed by atoms with Gasteiger partial charge in [-0.2, -0.15) is 5.10 Å². The summed E-state index contributed by atoms with van der Waals surface area (Å²) >= 11 is 0. The lowest BCUT2D eigenvalue weighted by Crippen LogP contribution is -2.32. The van der Waals surface area contributed by atoms with E-state index in [1.54, 1.807) is 17.3 Å². The molecule has 0 saturated carbocycles. The molecular formula is C23H29N5O. The number of carbonyl (C=O) groups excluding carboxylic acids is 1. The van der Waals surface area contributed by atoms with Crippen molar-refractivity contribution in [3.8, 4) is 0 Å². The van der Waals surface area contributed by atoms with Crippen molar-refractivity contribution in [1.29, 1.82) is 0 Å². The smallest absolute Gasteiger partial charge is 0.255 e. The fraction of sp³-hybridized carbons (Fsp3) is 0.435. The van der Waals surface area contributed by atoms with Gasteiger partial charge < -0.3 is 9.80 Å². The maximum Gasteiger partial charge on any atom is 0.255 e. The highest BCUT2D eigenvalue weighted by Gasteiger charge is 2.19. The van der Waals surface area contributed by atoms with Crippen molar-refractivity contribution >= 4 is 22.6 Å². The van der Waals surface area contributed by atoms with E-state index < -0.39 is 0 Å². The summed E-state index contributed by atoms with van der Waals surface area (Å²) in [7, 11) is 1.86. The zero-order valence-electron chi connectivity index (χ0n) is 17.5. The van der Waals surface area contributed by atoms with Gasteiger partial charge in [-0.1, -0.05) is 18.2 Å². The van der Waals surface area contributed by atoms with Crippen LogP contribution >= 0.6 is 0 Å². The molecule has 1 saturated heterocycles. The maximum absolute atomic E-state index is 13.1. The van der Waals surface area contributed by atoms with Crippen molar-refractivity contribution in [2.45, 2.75) is 45.7 Å². The Bertz CT molecular complexity index is 1000. The van der Waals surface area contributed by atoms with E-state index in [0.29, 0.717) is 12.1 Å². The SMILES string of the molecule is CC(C)n1ncc2cc(C(=O)N(C)Cc3ccccc3N3CCCCC3)cnc21. The third kappa shape index (κ3) is 3.97. The third-order valence-corrected chi connectivity index (χ3v) is 5.61. The molecule has 1 amide bonds. The standard InChI is InChI=1S/C23H29N5O/c1-17(2)28-22-19(15-25-28)13-20(14-24-22)23(29)26(3)16-18-9-5-6-10-21(18)27-11-7-4-8-12-27/h5-6,9-10,13-15,17H,4,7-8,11-12,16H2,1-3H3. The van der Waals surface area contributed by atoms with E-state index in [0.717, 1.165) is 24.1 Å². The largest absolute Gasteiger partial charge is 0.371 e. The minimum absolute atomic E-state index is 0.0230. The minimum atomic E-state index is -0.0230. The van der Waals surface area contributed by atoms with E-state index >= 15 is 0 Å². The number of piperidine rings is 1. The summed E-state index contributed by atoms with van der Waals surface area (Å²) in [5.74, 6) is -0.0230. The van der Waals surface area contributed by atoms with Gasteiger partial charge in [0.05, 0.1) is 11.8 Å². The van der Waals surface area contributed by atoms with Crippen LogP contribution in [0.2, 0.25) is 0 Å². The Morgan fingerprint density at radius 1 is 1.14 bits per heavy atom. The second-order valence-electron chi connectivity index (χ2n) is 8.16. The van der Waals surface area contributed by atoms with Gasteiger partial charge in [0.25, 0.3) is 5.91 Å². The van der Waals surface area contributed by atoms with Crippen molar-refractivity contribution in [3.63, 3.8) is 0 Å². The van der Waals surface area contributed by atoms with Gasteiger partial charge in [0, 0.05) is 50.0 Å². The van der Waals surface area contributed by atoms with Gasteiger partial charge in [-0.05, 0) is 50.8 Å². The lowest BCUT2D eigenvalue weighted by molar-refractivity contribution is 0.0785. The van der Waals surface area contributed by atoms with Crippen molar-refractivity contribution < 1.29 is 4.79 Å². The van der Waals surface area contributed by atoms with E-state index in [2.05, 4.69) is 53.1 Å². The lowest BCUT2D eigenvalue weighted by atomic mass is 10.1. The normalized spacial score (nSPS) is 14.6. The number of pyridine rings is 1. The molecule has 0 radical (unpaired) electrons. The van der Waals surface area contributed by atoms with Crippen LogP contribution in [0.15, 0.2) is 42.7 Å². The van der Waals surface area contributed by atoms with E-state index in [1.807, 2.05) is 17.8 Å². The molecule has 152 valence electrons. The molecule has 4 rings (SSSR count). The fourth-order valence-corrected chi connectivity index (χ4v) is 4.07. The van der Waals surface area contributed by atoms with Gasteiger partial charge in [0.2, 0.25) is 0 Å². The molecule has 0 unspecified atom stereocenters. The number of aromatic nitrogens is 3. The highest BCUT2D eigenvalue weighted by atomic mass is 16.2. The highest BCUT2D eigenvalue weighted by molar-refractivity contribution is 5.96. The zero-order chi connectivity index (χ0) is 20.4. The average molecular weight is 392 g/mol. The van der Waals surface area contributed by atoms with Crippen molar-refractivity contribution in [2.75, 3.05) is 25.0 Å². The molecule has 1 aliphatic heterocycles. The Kier molecular flexibility index (Phi) is 5.51. The minimum Gasteiger partial charge on any atom is -0.371 e. The second-order valence-corrected chi connectivity index (χ2v) is 8.16. The quantitative estimate of drug-likeness (QED) is 0.652. The molecule has 1 fully saturated rings. The molecule has 0 bridgehead atoms. The number of para-hydroxylation sites is 1. The summed E-state index contributed by atoms with van der Waals surface area (Å²) in [4.78, 5) is 21.8. The molecule has 6 nitrogen and oxygen atoms in total. The van der Waals surface area contributed by atoms with Gasteiger partial charge in [-0.15, -0.1) is 0 Å². The number of hydrogen-bond acceptors (Lipinski definition) is 4. The van der Waals surface area contributed by atoms with Gasteiger partial charge >= 0.3 is 0 Å². The average Bonchev–Trinajstić information content (AvgIpc) is 3.18. The summed E-state index contributed by atoms with van der Waals surface area (Å²) in [6.07, 6.45) is 7.22. The van der Waals surface area contributed by atoms with Crippen LogP contribution in [-0.4, -0.2) is 45.7 Å². The molecule has 3 heterocycles. The maximum atomic E-state index is 13.1. The third-order valence-electron chi connectivity index (χ3n) is 5.61. The summed E-state index contributed by atoms with van der Waals surface area (Å²) in [6.45, 7) is 6.90. The Hall–Kier alpha value is -2.89. The van der Waals surface area contributed by atoms with Gasteiger partial charge in [0.15, 0.2) is 5.65 Å². The fourth-order valence-electron chi connectivity index (χ4n) is 4.07. The highest BCUT2D eigenvalue weighted by Crippen LogP contribution is 2.25. The van der Waals surface area contributed by atoms with Crippen molar-refractivity contribution in [1.82, 2.24) is 19.7 Å². The molecule has 1 aliphatic rings. The summed E-state index contributed by atoms with van der Waals surface area (Å²) < 4.78 is 1.88. The van der Waals surface area contributed by atoms with E-state index in [9.17, 15) is 4.79 Å². The molecule has 29 heavy (non-hydrogen) atoms. The number of anilines is 1. The van der Waals surface area contributed by atoms with Crippen LogP contribution in [-0.2, 0) is 6.54 Å². The first-order valence-electron chi connectivity index (χ1n) is 10.5. The van der Waals surface area contributed by atoms with Crippen LogP contribution in [0.1, 0.15) is 55.1 Å². The molecular weight excluding hydrogens is 362 g/mol. The van der Waals surface area contributed by atoms with Crippen LogP contribution in [0.5, 0.6) is 0 Å². The molecule has 3 aromatic rings. The van der Waals surface area contributed by atoms with Crippen molar-refractivity contribution in [3.05, 3.63) is 53.9 Å². The predicted molar refractivity (Wildman–Crippen MR) is 116 cm³/mol. The van der Waals surface area contributed by atoms with E-state index in [4.69, 9.17) is 0 Å². The molecule has 1 aromatic carbocycles. The number of fused-ring (bicyclic) bond motifs is 1. The van der Waals surface area contributed by atoms with Gasteiger partial charge in [-0.25, -0.2) is 9.67 Å². The molecule has 0 aliphatic carbocycles. The summed E-state index contributed by atoms with van der Waals surface area (Å²) in [5.41, 5.74) is 3.85. The molecule has 0 spiro atoms. The van der Waals surface area contributed by atoms with Crippen LogP contribution in [0.25, 0.3) is 11.0 Å². The Balaban J connectivity index is 1.54. The first-order valence-corrected chi connectivity index (χ1v) is 10.5. The number of benzene rings is 1. The lowest BCUT2D eigenvalue weighted by Gasteiger charge is -2.31. The molecule has 0 atom stereocenters. The van der Waals surface area contributed by atoms with Gasteiger partial charge in [0.1, 0.15) is 0 Å². The molecule has 6 heteroatoms. The molecule has 2 aromatic heterocycles. The predicted octanol–water partition coefficient (Wildman–Crippen LogP) is 4.27. The number of nitrogens with zero attached hydrogens (tertiary/aromatic N) is 5. The number of rotatable bonds is 5. The Morgan fingerprint density at radius 3 is 2.66 bits per heavy atom. The van der Waals surface area contributed by atoms with Crippen LogP contribution in [0.3, 0.4) is 0 Å². The van der Waals surface area contributed by atoms with E-state index in [-0.39, 0.29) is 11.9 Å². The number of carbonyl (C=O) groups is 1. The Morgan fingerprint density at radius 2 is 1.90 bits per heavy atom. The monoisotopic (exact) mass is 391 g/mol. The van der Waals surface area contributed by atoms with Crippen LogP contribution in [0.4, 0.5) is 5.69 Å². The van der Waals surface area contributed by atoms with Gasteiger partial charge in [-0.3, -0.25) is 4.79 Å². The number of amides is 1. The first-order chi connectivity index (χ1) is 14.0. The summed E-state index contributed by atoms with van der Waals surface area (Å²) in [6, 6.07) is 10.6. The summed E-state index contributed by atoms with van der Waals surface area (Å²) in [5, 5.41) is 5.29. The zero-order valence-corrected chi connectivity index (χ0v) is 17.5. The molecule has 0 N–H and O–H groups in total. The number of hydrogen-bond donors (Lipinski definition) is 0. The Labute approximate surface area is 172 Å². The van der Waals surface area contributed by atoms with Crippen LogP contribution < -0.4 is 4.90 Å². The van der Waals surface area contributed by atoms with E-state index in [1.165, 1.54) is 30.5 Å². The second kappa shape index (κ2) is 8.23. The van der Waals surface area contributed by atoms with Crippen molar-refractivity contribution in [2.24, 2.45) is 0 Å².